The summed E-state index contributed by atoms with van der Waals surface area (Å²) in [6.45, 7) is 4.08. The molecule has 0 radical (unpaired) electrons. The fourth-order valence-electron chi connectivity index (χ4n) is 2.97. The fourth-order valence-corrected chi connectivity index (χ4v) is 2.97. The van der Waals surface area contributed by atoms with Gasteiger partial charge in [0.25, 0.3) is 0 Å². The first-order chi connectivity index (χ1) is 15.6. The number of halogens is 3. The van der Waals surface area contributed by atoms with E-state index < -0.39 is 17.9 Å². The molecule has 1 heterocycles. The summed E-state index contributed by atoms with van der Waals surface area (Å²) in [6, 6.07) is 4.93. The first kappa shape index (κ1) is 25.9. The summed E-state index contributed by atoms with van der Waals surface area (Å²) in [7, 11) is 4.63. The van der Waals surface area contributed by atoms with Crippen LogP contribution in [0.15, 0.2) is 34.3 Å². The molecule has 0 saturated heterocycles. The Balaban J connectivity index is 2.45. The zero-order valence-corrected chi connectivity index (χ0v) is 19.2. The fraction of sp³-hybridized carbons (Fsp3) is 0.409. The number of amidine groups is 1. The normalized spacial score (nSPS) is 13.3. The molecule has 0 bridgehead atoms. The van der Waals surface area contributed by atoms with Gasteiger partial charge in [-0.3, -0.25) is 9.98 Å². The smallest absolute Gasteiger partial charge is 0.433 e. The second-order valence-electron chi connectivity index (χ2n) is 6.90. The third kappa shape index (κ3) is 6.82. The number of nitrogens with two attached hydrogens (primary N) is 1. The number of ether oxygens (including phenoxy) is 3. The molecule has 1 aromatic heterocycles. The maximum Gasteiger partial charge on any atom is 0.433 e. The molecule has 180 valence electrons. The molecule has 0 amide bonds. The first-order valence-electron chi connectivity index (χ1n) is 10.0. The SMILES string of the molecule is C/C=N/c1cc(OC)c(OCCOC)cc1/C(=N\C)N[C@H](C)c1cc(N)cc(C(F)(F)F)n1. The van der Waals surface area contributed by atoms with Crippen LogP contribution in [0.3, 0.4) is 0 Å². The average molecular weight is 467 g/mol. The van der Waals surface area contributed by atoms with Gasteiger partial charge in [-0.1, -0.05) is 0 Å². The molecule has 11 heteroatoms. The van der Waals surface area contributed by atoms with Crippen molar-refractivity contribution < 1.29 is 27.4 Å². The molecule has 0 aliphatic rings. The van der Waals surface area contributed by atoms with Crippen LogP contribution in [0, 0.1) is 0 Å². The Morgan fingerprint density at radius 2 is 1.91 bits per heavy atom. The molecule has 1 aromatic carbocycles. The van der Waals surface area contributed by atoms with Crippen molar-refractivity contribution in [3.8, 4) is 11.5 Å². The molecule has 0 saturated carbocycles. The van der Waals surface area contributed by atoms with Gasteiger partial charge in [0.15, 0.2) is 11.5 Å². The van der Waals surface area contributed by atoms with E-state index in [0.29, 0.717) is 41.8 Å². The third-order valence-corrected chi connectivity index (χ3v) is 4.53. The molecule has 2 rings (SSSR count). The van der Waals surface area contributed by atoms with Gasteiger partial charge in [-0.05, 0) is 32.0 Å². The molecular weight excluding hydrogens is 439 g/mol. The topological polar surface area (TPSA) is 103 Å². The predicted octanol–water partition coefficient (Wildman–Crippen LogP) is 4.17. The quantitative estimate of drug-likeness (QED) is 0.326. The Kier molecular flexibility index (Phi) is 9.03. The number of benzene rings is 1. The van der Waals surface area contributed by atoms with Gasteiger partial charge < -0.3 is 25.3 Å². The van der Waals surface area contributed by atoms with Crippen molar-refractivity contribution in [3.05, 3.63) is 41.2 Å². The number of anilines is 1. The molecule has 33 heavy (non-hydrogen) atoms. The van der Waals surface area contributed by atoms with Crippen molar-refractivity contribution >= 4 is 23.4 Å². The van der Waals surface area contributed by atoms with Gasteiger partial charge >= 0.3 is 6.18 Å². The molecule has 1 atom stereocenters. The van der Waals surface area contributed by atoms with Crippen molar-refractivity contribution in [2.24, 2.45) is 9.98 Å². The van der Waals surface area contributed by atoms with Crippen LogP contribution < -0.4 is 20.5 Å². The summed E-state index contributed by atoms with van der Waals surface area (Å²) >= 11 is 0. The Morgan fingerprint density at radius 3 is 2.48 bits per heavy atom. The van der Waals surface area contributed by atoms with E-state index in [4.69, 9.17) is 19.9 Å². The van der Waals surface area contributed by atoms with Gasteiger partial charge in [-0.15, -0.1) is 0 Å². The number of hydrogen-bond acceptors (Lipinski definition) is 7. The van der Waals surface area contributed by atoms with Crippen LogP contribution in [0.4, 0.5) is 24.5 Å². The van der Waals surface area contributed by atoms with Crippen LogP contribution in [0.25, 0.3) is 0 Å². The van der Waals surface area contributed by atoms with Crippen LogP contribution in [-0.4, -0.2) is 51.5 Å². The van der Waals surface area contributed by atoms with Gasteiger partial charge in [-0.2, -0.15) is 13.2 Å². The van der Waals surface area contributed by atoms with E-state index in [-0.39, 0.29) is 11.4 Å². The van der Waals surface area contributed by atoms with Crippen molar-refractivity contribution in [2.45, 2.75) is 26.1 Å². The largest absolute Gasteiger partial charge is 0.493 e. The van der Waals surface area contributed by atoms with Crippen molar-refractivity contribution in [1.82, 2.24) is 10.3 Å². The second kappa shape index (κ2) is 11.5. The average Bonchev–Trinajstić information content (AvgIpc) is 2.77. The number of nitrogens with one attached hydrogen (secondary N) is 1. The van der Waals surface area contributed by atoms with E-state index in [1.54, 1.807) is 46.4 Å². The minimum Gasteiger partial charge on any atom is -0.493 e. The summed E-state index contributed by atoms with van der Waals surface area (Å²) in [5.74, 6) is 1.28. The number of nitrogens with zero attached hydrogens (tertiary/aromatic N) is 3. The van der Waals surface area contributed by atoms with Gasteiger partial charge in [0, 0.05) is 37.7 Å². The lowest BCUT2D eigenvalue weighted by molar-refractivity contribution is -0.141. The zero-order valence-electron chi connectivity index (χ0n) is 19.2. The highest BCUT2D eigenvalue weighted by atomic mass is 19.4. The number of pyridine rings is 1. The highest BCUT2D eigenvalue weighted by Crippen LogP contribution is 2.36. The van der Waals surface area contributed by atoms with Crippen molar-refractivity contribution in [2.75, 3.05) is 40.2 Å². The van der Waals surface area contributed by atoms with E-state index in [2.05, 4.69) is 20.3 Å². The third-order valence-electron chi connectivity index (χ3n) is 4.53. The Labute approximate surface area is 190 Å². The molecule has 2 aromatic rings. The number of aliphatic imine (C=N–C) groups is 2. The van der Waals surface area contributed by atoms with Crippen LogP contribution in [-0.2, 0) is 10.9 Å². The minimum atomic E-state index is -4.61. The summed E-state index contributed by atoms with van der Waals surface area (Å²) < 4.78 is 55.7. The molecule has 0 spiro atoms. The lowest BCUT2D eigenvalue weighted by Crippen LogP contribution is -2.29. The van der Waals surface area contributed by atoms with E-state index in [1.165, 1.54) is 13.2 Å². The summed E-state index contributed by atoms with van der Waals surface area (Å²) in [6.07, 6.45) is -3.01. The number of hydrogen-bond donors (Lipinski definition) is 2. The molecule has 0 fully saturated rings. The maximum absolute atomic E-state index is 13.2. The summed E-state index contributed by atoms with van der Waals surface area (Å²) in [5.41, 5.74) is 5.81. The first-order valence-corrected chi connectivity index (χ1v) is 10.0. The molecule has 8 nitrogen and oxygen atoms in total. The lowest BCUT2D eigenvalue weighted by atomic mass is 10.1. The van der Waals surface area contributed by atoms with Crippen LogP contribution in [0.2, 0.25) is 0 Å². The number of alkyl halides is 3. The zero-order chi connectivity index (χ0) is 24.6. The van der Waals surface area contributed by atoms with Gasteiger partial charge in [0.05, 0.1) is 31.1 Å². The highest BCUT2D eigenvalue weighted by Gasteiger charge is 2.33. The number of methoxy groups -OCH3 is 2. The van der Waals surface area contributed by atoms with Crippen molar-refractivity contribution in [1.29, 1.82) is 0 Å². The summed E-state index contributed by atoms with van der Waals surface area (Å²) in [5, 5.41) is 3.11. The van der Waals surface area contributed by atoms with E-state index in [9.17, 15) is 13.2 Å². The minimum absolute atomic E-state index is 0.0366. The Hall–Kier alpha value is -3.34. The molecular formula is C22H28F3N5O3. The molecule has 3 N–H and O–H groups in total. The molecule has 0 aliphatic carbocycles. The van der Waals surface area contributed by atoms with Crippen LogP contribution in [0.1, 0.15) is 36.8 Å². The summed E-state index contributed by atoms with van der Waals surface area (Å²) in [4.78, 5) is 12.4. The Bertz CT molecular complexity index is 1010. The number of nitrogen functional groups attached to an aromatic ring is 1. The monoisotopic (exact) mass is 467 g/mol. The predicted molar refractivity (Wildman–Crippen MR) is 122 cm³/mol. The van der Waals surface area contributed by atoms with E-state index >= 15 is 0 Å². The number of rotatable bonds is 9. The van der Waals surface area contributed by atoms with Gasteiger partial charge in [-0.25, -0.2) is 4.98 Å². The molecule has 0 aliphatic heterocycles. The standard InChI is InChI=1S/C22H28F3N5O3/c1-6-28-17-12-18(32-5)19(33-8-7-31-4)11-15(17)21(27-3)29-13(2)16-9-14(26)10-20(30-16)22(23,24)25/h6,9-13H,7-8H2,1-5H3,(H2,26,30)(H,27,29)/b28-6+/t13-/m1/s1. The Morgan fingerprint density at radius 1 is 1.18 bits per heavy atom. The van der Waals surface area contributed by atoms with E-state index in [1.807, 2.05) is 0 Å². The lowest BCUT2D eigenvalue weighted by Gasteiger charge is -2.20. The van der Waals surface area contributed by atoms with Crippen LogP contribution in [0.5, 0.6) is 11.5 Å². The van der Waals surface area contributed by atoms with Crippen LogP contribution >= 0.6 is 0 Å². The maximum atomic E-state index is 13.2. The highest BCUT2D eigenvalue weighted by molar-refractivity contribution is 6.04. The van der Waals surface area contributed by atoms with E-state index in [0.717, 1.165) is 6.07 Å². The van der Waals surface area contributed by atoms with Crippen molar-refractivity contribution in [3.63, 3.8) is 0 Å². The van der Waals surface area contributed by atoms with Gasteiger partial charge in [0.2, 0.25) is 0 Å². The number of aromatic nitrogens is 1. The van der Waals surface area contributed by atoms with Gasteiger partial charge in [0.1, 0.15) is 18.1 Å². The second-order valence-corrected chi connectivity index (χ2v) is 6.90. The molecule has 0 unspecified atom stereocenters.